The third-order valence-electron chi connectivity index (χ3n) is 3.51. The number of aromatic nitrogens is 2. The molecule has 0 spiro atoms. The lowest BCUT2D eigenvalue weighted by molar-refractivity contribution is -0.121. The Morgan fingerprint density at radius 2 is 1.88 bits per heavy atom. The van der Waals surface area contributed by atoms with Crippen molar-refractivity contribution in [2.24, 2.45) is 0 Å². The van der Waals surface area contributed by atoms with Crippen molar-refractivity contribution in [1.82, 2.24) is 10.2 Å². The van der Waals surface area contributed by atoms with Crippen LogP contribution in [0.25, 0.3) is 0 Å². The van der Waals surface area contributed by atoms with E-state index in [9.17, 15) is 9.59 Å². The number of hydrogen-bond donors (Lipinski definition) is 2. The molecule has 0 atom stereocenters. The molecule has 1 aromatic heterocycles. The quantitative estimate of drug-likeness (QED) is 0.707. The monoisotopic (exact) mass is 396 g/mol. The minimum Gasteiger partial charge on any atom is -0.495 e. The van der Waals surface area contributed by atoms with Gasteiger partial charge in [0.05, 0.1) is 12.8 Å². The zero-order valence-corrected chi connectivity index (χ0v) is 16.5. The van der Waals surface area contributed by atoms with Crippen LogP contribution in [0.15, 0.2) is 12.1 Å². The van der Waals surface area contributed by atoms with E-state index in [0.717, 1.165) is 23.4 Å². The number of halogens is 1. The number of amides is 2. The maximum absolute atomic E-state index is 12.1. The predicted octanol–water partition coefficient (Wildman–Crippen LogP) is 3.82. The van der Waals surface area contributed by atoms with Gasteiger partial charge in [-0.25, -0.2) is 0 Å². The largest absolute Gasteiger partial charge is 0.495 e. The van der Waals surface area contributed by atoms with Crippen molar-refractivity contribution < 1.29 is 14.3 Å². The van der Waals surface area contributed by atoms with Crippen LogP contribution < -0.4 is 15.4 Å². The van der Waals surface area contributed by atoms with Crippen molar-refractivity contribution in [2.75, 3.05) is 17.7 Å². The number of benzene rings is 1. The number of aryl methyl sites for hydroxylation is 2. The van der Waals surface area contributed by atoms with Crippen LogP contribution in [-0.2, 0) is 16.0 Å². The molecular weight excluding hydrogens is 376 g/mol. The Bertz CT molecular complexity index is 794. The molecule has 2 N–H and O–H groups in total. The molecule has 0 saturated heterocycles. The molecular formula is C17H21ClN4O3S. The molecule has 0 aliphatic rings. The molecule has 1 heterocycles. The summed E-state index contributed by atoms with van der Waals surface area (Å²) in [6.45, 7) is 3.88. The average Bonchev–Trinajstić information content (AvgIpc) is 3.03. The highest BCUT2D eigenvalue weighted by atomic mass is 35.5. The second-order valence-corrected chi connectivity index (χ2v) is 7.12. The normalized spacial score (nSPS) is 10.5. The summed E-state index contributed by atoms with van der Waals surface area (Å²) in [6, 6.07) is 3.37. The SMILES string of the molecule is CCCc1nnc(NC(=O)CCC(=O)Nc2cc(C)c(Cl)cc2OC)s1. The van der Waals surface area contributed by atoms with E-state index in [4.69, 9.17) is 16.3 Å². The van der Waals surface area contributed by atoms with Gasteiger partial charge in [-0.3, -0.25) is 9.59 Å². The molecule has 2 aromatic rings. The van der Waals surface area contributed by atoms with Crippen molar-refractivity contribution >= 4 is 45.6 Å². The summed E-state index contributed by atoms with van der Waals surface area (Å²) >= 11 is 7.39. The van der Waals surface area contributed by atoms with E-state index in [2.05, 4.69) is 27.8 Å². The fraction of sp³-hybridized carbons (Fsp3) is 0.412. The fourth-order valence-corrected chi connectivity index (χ4v) is 3.18. The van der Waals surface area contributed by atoms with E-state index in [0.29, 0.717) is 21.6 Å². The molecule has 2 amide bonds. The van der Waals surface area contributed by atoms with Gasteiger partial charge in [-0.05, 0) is 25.0 Å². The van der Waals surface area contributed by atoms with E-state index in [1.54, 1.807) is 12.1 Å². The minimum absolute atomic E-state index is 0.0390. The van der Waals surface area contributed by atoms with Crippen LogP contribution in [0.5, 0.6) is 5.75 Å². The van der Waals surface area contributed by atoms with Gasteiger partial charge in [0.25, 0.3) is 0 Å². The Morgan fingerprint density at radius 1 is 1.19 bits per heavy atom. The summed E-state index contributed by atoms with van der Waals surface area (Å²) in [4.78, 5) is 24.1. The van der Waals surface area contributed by atoms with Crippen LogP contribution in [0.4, 0.5) is 10.8 Å². The topological polar surface area (TPSA) is 93.2 Å². The van der Waals surface area contributed by atoms with Crippen LogP contribution in [0.3, 0.4) is 0 Å². The standard InChI is InChI=1S/C17H21ClN4O3S/c1-4-5-16-21-22-17(26-16)20-15(24)7-6-14(23)19-12-8-10(2)11(18)9-13(12)25-3/h8-9H,4-7H2,1-3H3,(H,19,23)(H,20,22,24). The first-order valence-electron chi connectivity index (χ1n) is 8.19. The van der Waals surface area contributed by atoms with Gasteiger partial charge < -0.3 is 15.4 Å². The van der Waals surface area contributed by atoms with Gasteiger partial charge in [0.2, 0.25) is 16.9 Å². The third kappa shape index (κ3) is 5.67. The first-order valence-corrected chi connectivity index (χ1v) is 9.38. The first kappa shape index (κ1) is 20.1. The fourth-order valence-electron chi connectivity index (χ4n) is 2.17. The Kier molecular flexibility index (Phi) is 7.35. The van der Waals surface area contributed by atoms with Crippen LogP contribution in [-0.4, -0.2) is 29.1 Å². The Balaban J connectivity index is 1.86. The highest BCUT2D eigenvalue weighted by molar-refractivity contribution is 7.15. The summed E-state index contributed by atoms with van der Waals surface area (Å²) in [7, 11) is 1.50. The zero-order valence-electron chi connectivity index (χ0n) is 14.9. The molecule has 140 valence electrons. The molecule has 0 bridgehead atoms. The van der Waals surface area contributed by atoms with Gasteiger partial charge in [-0.15, -0.1) is 10.2 Å². The van der Waals surface area contributed by atoms with Gasteiger partial charge in [-0.2, -0.15) is 0 Å². The summed E-state index contributed by atoms with van der Waals surface area (Å²) in [5.41, 5.74) is 1.34. The second-order valence-electron chi connectivity index (χ2n) is 5.65. The molecule has 0 saturated carbocycles. The Labute approximate surface area is 161 Å². The lowest BCUT2D eigenvalue weighted by atomic mass is 10.2. The summed E-state index contributed by atoms with van der Waals surface area (Å²) in [5.74, 6) is -0.0987. The van der Waals surface area contributed by atoms with Crippen LogP contribution in [0.1, 0.15) is 36.8 Å². The van der Waals surface area contributed by atoms with Gasteiger partial charge in [0.1, 0.15) is 10.8 Å². The molecule has 0 aliphatic heterocycles. The molecule has 7 nitrogen and oxygen atoms in total. The number of methoxy groups -OCH3 is 1. The number of nitrogens with zero attached hydrogens (tertiary/aromatic N) is 2. The van der Waals surface area contributed by atoms with Gasteiger partial charge >= 0.3 is 0 Å². The van der Waals surface area contributed by atoms with E-state index in [-0.39, 0.29) is 24.7 Å². The van der Waals surface area contributed by atoms with Crippen molar-refractivity contribution in [1.29, 1.82) is 0 Å². The highest BCUT2D eigenvalue weighted by Gasteiger charge is 2.13. The minimum atomic E-state index is -0.288. The Hall–Kier alpha value is -2.19. The van der Waals surface area contributed by atoms with Crippen LogP contribution >= 0.6 is 22.9 Å². The van der Waals surface area contributed by atoms with Gasteiger partial charge in [-0.1, -0.05) is 29.9 Å². The highest BCUT2D eigenvalue weighted by Crippen LogP contribution is 2.31. The van der Waals surface area contributed by atoms with E-state index in [1.807, 2.05) is 6.92 Å². The zero-order chi connectivity index (χ0) is 19.1. The smallest absolute Gasteiger partial charge is 0.226 e. The van der Waals surface area contributed by atoms with Crippen molar-refractivity contribution in [3.63, 3.8) is 0 Å². The van der Waals surface area contributed by atoms with E-state index < -0.39 is 0 Å². The number of anilines is 2. The molecule has 2 rings (SSSR count). The molecule has 0 unspecified atom stereocenters. The Morgan fingerprint density at radius 3 is 2.54 bits per heavy atom. The van der Waals surface area contributed by atoms with Crippen LogP contribution in [0.2, 0.25) is 5.02 Å². The maximum atomic E-state index is 12.1. The summed E-state index contributed by atoms with van der Waals surface area (Å²) < 4.78 is 5.22. The number of carbonyl (C=O) groups excluding carboxylic acids is 2. The summed E-state index contributed by atoms with van der Waals surface area (Å²) in [5, 5.41) is 15.2. The maximum Gasteiger partial charge on any atom is 0.226 e. The van der Waals surface area contributed by atoms with E-state index >= 15 is 0 Å². The lowest BCUT2D eigenvalue weighted by Crippen LogP contribution is -2.17. The molecule has 0 fully saturated rings. The van der Waals surface area contributed by atoms with Crippen molar-refractivity contribution in [3.8, 4) is 5.75 Å². The lowest BCUT2D eigenvalue weighted by Gasteiger charge is -2.12. The predicted molar refractivity (Wildman–Crippen MR) is 103 cm³/mol. The number of rotatable bonds is 8. The van der Waals surface area contributed by atoms with Gasteiger partial charge in [0, 0.05) is 30.4 Å². The van der Waals surface area contributed by atoms with Gasteiger partial charge in [0.15, 0.2) is 0 Å². The summed E-state index contributed by atoms with van der Waals surface area (Å²) in [6.07, 6.45) is 1.88. The molecule has 9 heteroatoms. The number of ether oxygens (including phenoxy) is 1. The van der Waals surface area contributed by atoms with Crippen LogP contribution in [0, 0.1) is 6.92 Å². The second kappa shape index (κ2) is 9.49. The number of hydrogen-bond acceptors (Lipinski definition) is 6. The number of carbonyl (C=O) groups is 2. The average molecular weight is 397 g/mol. The molecule has 26 heavy (non-hydrogen) atoms. The van der Waals surface area contributed by atoms with Crippen molar-refractivity contribution in [2.45, 2.75) is 39.5 Å². The number of nitrogens with one attached hydrogen (secondary N) is 2. The first-order chi connectivity index (χ1) is 12.4. The molecule has 0 radical (unpaired) electrons. The molecule has 0 aliphatic carbocycles. The van der Waals surface area contributed by atoms with E-state index in [1.165, 1.54) is 18.4 Å². The van der Waals surface area contributed by atoms with Crippen molar-refractivity contribution in [3.05, 3.63) is 27.7 Å². The molecule has 1 aromatic carbocycles. The third-order valence-corrected chi connectivity index (χ3v) is 4.82.